The maximum Gasteiger partial charge on any atom is 0.204 e. The van der Waals surface area contributed by atoms with Crippen LogP contribution >= 0.6 is 11.6 Å². The fraction of sp³-hybridized carbons (Fsp3) is 0.357. The van der Waals surface area contributed by atoms with E-state index in [1.165, 1.54) is 5.57 Å². The Morgan fingerprint density at radius 3 is 2.78 bits per heavy atom. The van der Waals surface area contributed by atoms with E-state index >= 15 is 0 Å². The Bertz CT molecular complexity index is 791. The number of anilines is 1. The molecule has 0 aromatic carbocycles. The van der Waals surface area contributed by atoms with Crippen LogP contribution in [0.2, 0.25) is 5.28 Å². The minimum Gasteiger partial charge on any atom is -0.306 e. The van der Waals surface area contributed by atoms with Gasteiger partial charge in [-0.2, -0.15) is 0 Å². The third kappa shape index (κ3) is 2.13. The number of hydroxylamine groups is 2. The van der Waals surface area contributed by atoms with Crippen LogP contribution in [0, 0.1) is 0 Å². The van der Waals surface area contributed by atoms with E-state index in [1.54, 1.807) is 18.4 Å². The van der Waals surface area contributed by atoms with Gasteiger partial charge in [-0.15, -0.1) is 10.2 Å². The summed E-state index contributed by atoms with van der Waals surface area (Å²) in [7, 11) is 3.52. The first kappa shape index (κ1) is 14.3. The summed E-state index contributed by atoms with van der Waals surface area (Å²) in [4.78, 5) is 13.7. The Balaban J connectivity index is 1.82. The standard InChI is InChI=1S/C14H16ClN7O/c1-9-4-10-13(21(6-9)12-5-16-14(15)19(12)2)22-8-20(23-3)7-11(22)18-17-10/h4-5,7H,6,8H2,1-3H3. The number of azo groups is 1. The monoisotopic (exact) mass is 333 g/mol. The molecule has 1 aromatic heterocycles. The van der Waals surface area contributed by atoms with Crippen molar-refractivity contribution in [2.75, 3.05) is 25.2 Å². The van der Waals surface area contributed by atoms with Crippen molar-refractivity contribution in [1.29, 1.82) is 0 Å². The lowest BCUT2D eigenvalue weighted by Gasteiger charge is -2.37. The summed E-state index contributed by atoms with van der Waals surface area (Å²) < 4.78 is 1.85. The molecule has 4 heterocycles. The van der Waals surface area contributed by atoms with Crippen LogP contribution in [0.25, 0.3) is 0 Å². The van der Waals surface area contributed by atoms with Gasteiger partial charge in [0.05, 0.1) is 19.5 Å². The van der Waals surface area contributed by atoms with Gasteiger partial charge in [0.25, 0.3) is 0 Å². The van der Waals surface area contributed by atoms with Crippen LogP contribution in [0.15, 0.2) is 51.6 Å². The van der Waals surface area contributed by atoms with Gasteiger partial charge in [0, 0.05) is 13.6 Å². The minimum absolute atomic E-state index is 0.447. The molecule has 120 valence electrons. The van der Waals surface area contributed by atoms with Crippen molar-refractivity contribution in [1.82, 2.24) is 19.5 Å². The van der Waals surface area contributed by atoms with Crippen molar-refractivity contribution in [3.05, 3.63) is 46.7 Å². The van der Waals surface area contributed by atoms with Crippen molar-refractivity contribution in [3.63, 3.8) is 0 Å². The number of rotatable bonds is 2. The number of hydrogen-bond donors (Lipinski definition) is 0. The first-order chi connectivity index (χ1) is 11.1. The summed E-state index contributed by atoms with van der Waals surface area (Å²) in [6.45, 7) is 3.36. The molecule has 3 aliphatic heterocycles. The highest BCUT2D eigenvalue weighted by Gasteiger charge is 2.36. The molecule has 9 heteroatoms. The largest absolute Gasteiger partial charge is 0.306 e. The van der Waals surface area contributed by atoms with Gasteiger partial charge >= 0.3 is 0 Å². The van der Waals surface area contributed by atoms with Crippen LogP contribution in [0.3, 0.4) is 0 Å². The van der Waals surface area contributed by atoms with Gasteiger partial charge in [-0.05, 0) is 24.6 Å². The van der Waals surface area contributed by atoms with Crippen molar-refractivity contribution in [2.24, 2.45) is 17.3 Å². The first-order valence-electron chi connectivity index (χ1n) is 7.16. The van der Waals surface area contributed by atoms with Gasteiger partial charge in [0.1, 0.15) is 24.0 Å². The number of halogens is 1. The summed E-state index contributed by atoms with van der Waals surface area (Å²) in [5, 5.41) is 10.8. The summed E-state index contributed by atoms with van der Waals surface area (Å²) in [5.74, 6) is 2.61. The molecule has 0 unspecified atom stereocenters. The van der Waals surface area contributed by atoms with Gasteiger partial charge in [0.2, 0.25) is 5.28 Å². The molecule has 0 radical (unpaired) electrons. The molecule has 0 saturated carbocycles. The van der Waals surface area contributed by atoms with Crippen molar-refractivity contribution < 1.29 is 4.84 Å². The first-order valence-corrected chi connectivity index (χ1v) is 7.54. The molecule has 0 fully saturated rings. The SMILES string of the molecule is CON1C=C2N=NC3=C(N2C1)N(c1cnc(Cl)n1C)CC(C)=C3. The lowest BCUT2D eigenvalue weighted by molar-refractivity contribution is -0.0952. The number of nitrogens with zero attached hydrogens (tertiary/aromatic N) is 7. The molecule has 23 heavy (non-hydrogen) atoms. The van der Waals surface area contributed by atoms with Gasteiger partial charge in [-0.1, -0.05) is 5.57 Å². The second-order valence-electron chi connectivity index (χ2n) is 5.59. The summed E-state index contributed by atoms with van der Waals surface area (Å²) in [5.41, 5.74) is 2.01. The van der Waals surface area contributed by atoms with Gasteiger partial charge < -0.3 is 9.47 Å². The molecule has 0 bridgehead atoms. The van der Waals surface area contributed by atoms with E-state index in [1.807, 2.05) is 17.8 Å². The van der Waals surface area contributed by atoms with Crippen LogP contribution < -0.4 is 4.90 Å². The molecule has 0 aliphatic carbocycles. The smallest absolute Gasteiger partial charge is 0.204 e. The van der Waals surface area contributed by atoms with E-state index in [4.69, 9.17) is 16.4 Å². The average Bonchev–Trinajstić information content (AvgIpc) is 3.10. The molecular formula is C14H16ClN7O. The number of hydrogen-bond acceptors (Lipinski definition) is 7. The predicted octanol–water partition coefficient (Wildman–Crippen LogP) is 2.41. The van der Waals surface area contributed by atoms with Crippen LogP contribution in [0.1, 0.15) is 6.92 Å². The molecule has 4 rings (SSSR count). The number of aromatic nitrogens is 2. The molecule has 8 nitrogen and oxygen atoms in total. The van der Waals surface area contributed by atoms with Crippen molar-refractivity contribution >= 4 is 17.4 Å². The lowest BCUT2D eigenvalue weighted by Crippen LogP contribution is -2.41. The predicted molar refractivity (Wildman–Crippen MR) is 84.8 cm³/mol. The number of fused-ring (bicyclic) bond motifs is 2. The summed E-state index contributed by atoms with van der Waals surface area (Å²) in [6.07, 6.45) is 5.65. The Morgan fingerprint density at radius 2 is 2.09 bits per heavy atom. The van der Waals surface area contributed by atoms with Gasteiger partial charge in [-0.25, -0.2) is 10.0 Å². The van der Waals surface area contributed by atoms with E-state index in [9.17, 15) is 0 Å². The molecular weight excluding hydrogens is 318 g/mol. The highest BCUT2D eigenvalue weighted by molar-refractivity contribution is 6.28. The molecule has 0 N–H and O–H groups in total. The van der Waals surface area contributed by atoms with Crippen LogP contribution in [-0.4, -0.2) is 39.8 Å². The van der Waals surface area contributed by atoms with Crippen LogP contribution in [-0.2, 0) is 11.9 Å². The zero-order valence-electron chi connectivity index (χ0n) is 13.1. The maximum absolute atomic E-state index is 6.12. The Labute approximate surface area is 138 Å². The highest BCUT2D eigenvalue weighted by Crippen LogP contribution is 2.37. The average molecular weight is 334 g/mol. The number of allylic oxidation sites excluding steroid dienone is 1. The van der Waals surface area contributed by atoms with Crippen LogP contribution in [0.4, 0.5) is 5.82 Å². The topological polar surface area (TPSA) is 61.5 Å². The Hall–Kier alpha value is -2.32. The zero-order chi connectivity index (χ0) is 16.1. The molecule has 3 aliphatic rings. The number of imidazole rings is 1. The van der Waals surface area contributed by atoms with Gasteiger partial charge in [0.15, 0.2) is 5.82 Å². The lowest BCUT2D eigenvalue weighted by atomic mass is 10.1. The molecule has 0 amide bonds. The second kappa shape index (κ2) is 5.10. The second-order valence-corrected chi connectivity index (χ2v) is 5.92. The Kier molecular flexibility index (Phi) is 3.17. The van der Waals surface area contributed by atoms with E-state index in [0.717, 1.165) is 29.7 Å². The van der Waals surface area contributed by atoms with E-state index < -0.39 is 0 Å². The van der Waals surface area contributed by atoms with Crippen molar-refractivity contribution in [3.8, 4) is 0 Å². The molecule has 0 saturated heterocycles. The quantitative estimate of drug-likeness (QED) is 0.831. The van der Waals surface area contributed by atoms with Gasteiger partial charge in [-0.3, -0.25) is 9.74 Å². The third-order valence-corrected chi connectivity index (χ3v) is 4.38. The Morgan fingerprint density at radius 1 is 1.26 bits per heavy atom. The molecule has 0 spiro atoms. The van der Waals surface area contributed by atoms with E-state index in [2.05, 4.69) is 38.0 Å². The summed E-state index contributed by atoms with van der Waals surface area (Å²) >= 11 is 6.12. The summed E-state index contributed by atoms with van der Waals surface area (Å²) in [6, 6.07) is 0. The normalized spacial score (nSPS) is 19.9. The molecule has 0 atom stereocenters. The zero-order valence-corrected chi connectivity index (χ0v) is 13.8. The van der Waals surface area contributed by atoms with Crippen LogP contribution in [0.5, 0.6) is 0 Å². The molecule has 1 aromatic rings. The van der Waals surface area contributed by atoms with Crippen molar-refractivity contribution in [2.45, 2.75) is 6.92 Å². The third-order valence-electron chi connectivity index (χ3n) is 4.03. The van der Waals surface area contributed by atoms with E-state index in [0.29, 0.717) is 12.0 Å². The fourth-order valence-electron chi connectivity index (χ4n) is 2.90. The van der Waals surface area contributed by atoms with E-state index in [-0.39, 0.29) is 0 Å². The minimum atomic E-state index is 0.447. The fourth-order valence-corrected chi connectivity index (χ4v) is 3.04. The maximum atomic E-state index is 6.12. The highest BCUT2D eigenvalue weighted by atomic mass is 35.5.